The van der Waals surface area contributed by atoms with Gasteiger partial charge in [-0.15, -0.1) is 11.3 Å². The molecule has 0 atom stereocenters. The number of anilines is 1. The number of thiophene rings is 1. The van der Waals surface area contributed by atoms with Crippen LogP contribution in [0.4, 0.5) is 10.1 Å². The highest BCUT2D eigenvalue weighted by Crippen LogP contribution is 2.25. The van der Waals surface area contributed by atoms with Gasteiger partial charge in [0.1, 0.15) is 5.82 Å². The molecule has 0 N–H and O–H groups in total. The second kappa shape index (κ2) is 6.99. The molecule has 1 saturated heterocycles. The van der Waals surface area contributed by atoms with Crippen molar-refractivity contribution in [3.8, 4) is 0 Å². The van der Waals surface area contributed by atoms with Crippen molar-refractivity contribution in [2.75, 3.05) is 31.1 Å². The van der Waals surface area contributed by atoms with Crippen LogP contribution in [0.5, 0.6) is 0 Å². The maximum atomic E-state index is 14.2. The zero-order valence-corrected chi connectivity index (χ0v) is 14.5. The van der Waals surface area contributed by atoms with E-state index in [1.54, 1.807) is 23.5 Å². The summed E-state index contributed by atoms with van der Waals surface area (Å²) in [5.74, 6) is -0.439. The molecule has 1 aliphatic heterocycles. The molecular formula is C17H18ClFN2OS. The quantitative estimate of drug-likeness (QED) is 0.775. The predicted octanol–water partition coefficient (Wildman–Crippen LogP) is 4.07. The van der Waals surface area contributed by atoms with Crippen LogP contribution < -0.4 is 4.90 Å². The van der Waals surface area contributed by atoms with Crippen molar-refractivity contribution in [2.45, 2.75) is 13.5 Å². The Morgan fingerprint density at radius 1 is 1.22 bits per heavy atom. The summed E-state index contributed by atoms with van der Waals surface area (Å²) in [5.41, 5.74) is 0.994. The molecule has 1 fully saturated rings. The van der Waals surface area contributed by atoms with Crippen molar-refractivity contribution < 1.29 is 9.18 Å². The van der Waals surface area contributed by atoms with Gasteiger partial charge in [-0.05, 0) is 37.3 Å². The fourth-order valence-electron chi connectivity index (χ4n) is 2.79. The molecule has 1 aromatic heterocycles. The lowest BCUT2D eigenvalue weighted by Crippen LogP contribution is -2.46. The number of piperazine rings is 1. The van der Waals surface area contributed by atoms with E-state index >= 15 is 0 Å². The van der Waals surface area contributed by atoms with Gasteiger partial charge in [0.25, 0.3) is 0 Å². The summed E-state index contributed by atoms with van der Waals surface area (Å²) in [5, 5.41) is 0. The summed E-state index contributed by atoms with van der Waals surface area (Å²) >= 11 is 7.56. The average Bonchev–Trinajstić information content (AvgIpc) is 2.93. The van der Waals surface area contributed by atoms with Crippen LogP contribution >= 0.6 is 22.9 Å². The number of benzene rings is 1. The third-order valence-corrected chi connectivity index (χ3v) is 5.29. The molecule has 1 aliphatic rings. The molecule has 6 heteroatoms. The molecular weight excluding hydrogens is 335 g/mol. The van der Waals surface area contributed by atoms with Gasteiger partial charge in [-0.1, -0.05) is 11.6 Å². The molecule has 0 unspecified atom stereocenters. The van der Waals surface area contributed by atoms with Gasteiger partial charge in [-0.2, -0.15) is 0 Å². The van der Waals surface area contributed by atoms with E-state index in [1.165, 1.54) is 17.9 Å². The fourth-order valence-corrected chi connectivity index (χ4v) is 3.92. The number of rotatable bonds is 4. The van der Waals surface area contributed by atoms with Gasteiger partial charge < -0.3 is 4.90 Å². The van der Waals surface area contributed by atoms with Gasteiger partial charge in [0.2, 0.25) is 0 Å². The number of Topliss-reactive ketones (excluding diaryl/α,β-unsaturated/α-hetero) is 1. The lowest BCUT2D eigenvalue weighted by Gasteiger charge is -2.36. The van der Waals surface area contributed by atoms with Gasteiger partial charge in [0.05, 0.1) is 10.0 Å². The third-order valence-electron chi connectivity index (χ3n) is 4.08. The van der Waals surface area contributed by atoms with Crippen LogP contribution in [0, 0.1) is 5.82 Å². The summed E-state index contributed by atoms with van der Waals surface area (Å²) < 4.78 is 15.0. The second-order valence-electron chi connectivity index (χ2n) is 5.69. The number of hydrogen-bond donors (Lipinski definition) is 0. The molecule has 1 aromatic carbocycles. The summed E-state index contributed by atoms with van der Waals surface area (Å²) in [7, 11) is 0. The van der Waals surface area contributed by atoms with Crippen LogP contribution in [-0.4, -0.2) is 36.9 Å². The Balaban J connectivity index is 1.61. The van der Waals surface area contributed by atoms with Crippen LogP contribution in [0.3, 0.4) is 0 Å². The van der Waals surface area contributed by atoms with E-state index in [0.29, 0.717) is 11.3 Å². The average molecular weight is 353 g/mol. The Kier molecular flexibility index (Phi) is 4.99. The molecule has 2 heterocycles. The first-order valence-electron chi connectivity index (χ1n) is 7.55. The van der Waals surface area contributed by atoms with E-state index in [2.05, 4.69) is 11.0 Å². The largest absolute Gasteiger partial charge is 0.367 e. The molecule has 0 radical (unpaired) electrons. The number of carbonyl (C=O) groups excluding carboxylic acids is 1. The van der Waals surface area contributed by atoms with Gasteiger partial charge in [0.15, 0.2) is 5.78 Å². The number of ketones is 1. The number of halogens is 2. The molecule has 2 aromatic rings. The Hall–Kier alpha value is -1.43. The highest BCUT2D eigenvalue weighted by molar-refractivity contribution is 7.16. The van der Waals surface area contributed by atoms with E-state index in [0.717, 1.165) is 37.1 Å². The predicted molar refractivity (Wildman–Crippen MR) is 93.2 cm³/mol. The number of hydrogen-bond acceptors (Lipinski definition) is 4. The van der Waals surface area contributed by atoms with Gasteiger partial charge in [0, 0.05) is 43.2 Å². The second-order valence-corrected chi connectivity index (χ2v) is 7.49. The van der Waals surface area contributed by atoms with E-state index < -0.39 is 0 Å². The van der Waals surface area contributed by atoms with Gasteiger partial charge in [-0.25, -0.2) is 4.39 Å². The van der Waals surface area contributed by atoms with E-state index in [9.17, 15) is 9.18 Å². The molecule has 0 bridgehead atoms. The Morgan fingerprint density at radius 2 is 1.96 bits per heavy atom. The summed E-state index contributed by atoms with van der Waals surface area (Å²) in [6.45, 7) is 5.64. The minimum Gasteiger partial charge on any atom is -0.367 e. The molecule has 0 amide bonds. The SMILES string of the molecule is CC(=O)c1ccc(N2CCN(Cc3ccc(Cl)s3)CC2)c(F)c1. The topological polar surface area (TPSA) is 23.6 Å². The zero-order valence-electron chi connectivity index (χ0n) is 12.9. The van der Waals surface area contributed by atoms with Crippen LogP contribution in [0.1, 0.15) is 22.2 Å². The van der Waals surface area contributed by atoms with Crippen LogP contribution in [0.2, 0.25) is 4.34 Å². The minimum absolute atomic E-state index is 0.116. The fraction of sp³-hybridized carbons (Fsp3) is 0.353. The van der Waals surface area contributed by atoms with Crippen molar-refractivity contribution in [2.24, 2.45) is 0 Å². The minimum atomic E-state index is -0.323. The first-order chi connectivity index (χ1) is 11.0. The van der Waals surface area contributed by atoms with Crippen molar-refractivity contribution in [1.82, 2.24) is 4.90 Å². The first kappa shape index (κ1) is 16.4. The Morgan fingerprint density at radius 3 is 2.52 bits per heavy atom. The highest BCUT2D eigenvalue weighted by atomic mass is 35.5. The molecule has 0 aliphatic carbocycles. The van der Waals surface area contributed by atoms with Crippen molar-refractivity contribution >= 4 is 34.4 Å². The van der Waals surface area contributed by atoms with Crippen LogP contribution in [0.25, 0.3) is 0 Å². The monoisotopic (exact) mass is 352 g/mol. The van der Waals surface area contributed by atoms with Crippen LogP contribution in [0.15, 0.2) is 30.3 Å². The normalized spacial score (nSPS) is 15.9. The van der Waals surface area contributed by atoms with Gasteiger partial charge >= 0.3 is 0 Å². The molecule has 0 saturated carbocycles. The summed E-state index contributed by atoms with van der Waals surface area (Å²) in [6.07, 6.45) is 0. The summed E-state index contributed by atoms with van der Waals surface area (Å²) in [4.78, 5) is 16.9. The maximum absolute atomic E-state index is 14.2. The third kappa shape index (κ3) is 3.91. The van der Waals surface area contributed by atoms with Crippen LogP contribution in [-0.2, 0) is 6.54 Å². The number of carbonyl (C=O) groups is 1. The lowest BCUT2D eigenvalue weighted by atomic mass is 10.1. The molecule has 3 nitrogen and oxygen atoms in total. The standard InChI is InChI=1S/C17H18ClFN2OS/c1-12(22)13-2-4-16(15(19)10-13)21-8-6-20(7-9-21)11-14-3-5-17(18)23-14/h2-5,10H,6-9,11H2,1H3. The molecule has 122 valence electrons. The highest BCUT2D eigenvalue weighted by Gasteiger charge is 2.20. The van der Waals surface area contributed by atoms with E-state index in [-0.39, 0.29) is 11.6 Å². The first-order valence-corrected chi connectivity index (χ1v) is 8.74. The molecule has 0 spiro atoms. The van der Waals surface area contributed by atoms with Crippen molar-refractivity contribution in [1.29, 1.82) is 0 Å². The maximum Gasteiger partial charge on any atom is 0.159 e. The number of nitrogens with zero attached hydrogens (tertiary/aromatic N) is 2. The summed E-state index contributed by atoms with van der Waals surface area (Å²) in [6, 6.07) is 8.71. The van der Waals surface area contributed by atoms with E-state index in [1.807, 2.05) is 11.0 Å². The zero-order chi connectivity index (χ0) is 16.4. The van der Waals surface area contributed by atoms with E-state index in [4.69, 9.17) is 11.6 Å². The Labute approximate surface area is 144 Å². The van der Waals surface area contributed by atoms with Crippen molar-refractivity contribution in [3.05, 3.63) is 50.9 Å². The Bertz CT molecular complexity index is 710. The lowest BCUT2D eigenvalue weighted by molar-refractivity contribution is 0.101. The molecule has 23 heavy (non-hydrogen) atoms. The smallest absolute Gasteiger partial charge is 0.159 e. The molecule has 3 rings (SSSR count). The van der Waals surface area contributed by atoms with Crippen molar-refractivity contribution in [3.63, 3.8) is 0 Å². The van der Waals surface area contributed by atoms with Gasteiger partial charge in [-0.3, -0.25) is 9.69 Å².